The summed E-state index contributed by atoms with van der Waals surface area (Å²) in [5.41, 5.74) is 5.34. The molecule has 0 aromatic carbocycles. The maximum Gasteiger partial charge on any atom is 0.285 e. The Kier molecular flexibility index (Phi) is 6.73. The van der Waals surface area contributed by atoms with Gasteiger partial charge in [0.2, 0.25) is 0 Å². The van der Waals surface area contributed by atoms with Crippen LogP contribution in [0.15, 0.2) is 11.3 Å². The van der Waals surface area contributed by atoms with E-state index in [1.54, 1.807) is 0 Å². The predicted octanol–water partition coefficient (Wildman–Crippen LogP) is 0.660. The van der Waals surface area contributed by atoms with Crippen molar-refractivity contribution < 1.29 is 0 Å². The van der Waals surface area contributed by atoms with Gasteiger partial charge in [0.15, 0.2) is 0 Å². The molecule has 0 radical (unpaired) electrons. The van der Waals surface area contributed by atoms with Gasteiger partial charge < -0.3 is 13.7 Å². The highest BCUT2D eigenvalue weighted by Crippen LogP contribution is 2.17. The van der Waals surface area contributed by atoms with Crippen LogP contribution in [0.3, 0.4) is 0 Å². The summed E-state index contributed by atoms with van der Waals surface area (Å²) >= 11 is 0. The second-order valence-electron chi connectivity index (χ2n) is 5.28. The van der Waals surface area contributed by atoms with E-state index < -0.39 is 8.56 Å². The fourth-order valence-electron chi connectivity index (χ4n) is 2.43. The molecule has 0 rings (SSSR count). The first-order chi connectivity index (χ1) is 7.25. The van der Waals surface area contributed by atoms with Crippen molar-refractivity contribution in [2.24, 2.45) is 0 Å². The number of allylic oxidation sites excluding steroid dienone is 1. The molecule has 0 N–H and O–H groups in total. The van der Waals surface area contributed by atoms with Gasteiger partial charge in [-0.3, -0.25) is 0 Å². The van der Waals surface area contributed by atoms with E-state index in [9.17, 15) is 0 Å². The van der Waals surface area contributed by atoms with Crippen molar-refractivity contribution in [2.45, 2.75) is 19.5 Å². The maximum atomic E-state index is 2.48. The summed E-state index contributed by atoms with van der Waals surface area (Å²) in [6.07, 6.45) is 0. The summed E-state index contributed by atoms with van der Waals surface area (Å²) in [5.74, 6) is 0. The second kappa shape index (κ2) is 6.71. The van der Waals surface area contributed by atoms with Crippen molar-refractivity contribution in [3.05, 3.63) is 11.3 Å². The van der Waals surface area contributed by atoms with Crippen molar-refractivity contribution in [3.8, 4) is 0 Å². The van der Waals surface area contributed by atoms with Crippen molar-refractivity contribution in [1.29, 1.82) is 0 Å². The average molecular weight is 260 g/mol. The molecule has 0 atom stereocenters. The third-order valence-electron chi connectivity index (χ3n) is 3.18. The van der Waals surface area contributed by atoms with Crippen LogP contribution in [0.4, 0.5) is 0 Å². The topological polar surface area (TPSA) is 9.72 Å². The van der Waals surface area contributed by atoms with Gasteiger partial charge in [0.05, 0.1) is 0 Å². The first kappa shape index (κ1) is 16.1. The summed E-state index contributed by atoms with van der Waals surface area (Å²) in [6, 6.07) is 0. The molecule has 0 unspecified atom stereocenters. The van der Waals surface area contributed by atoms with E-state index in [1.165, 1.54) is 11.2 Å². The molecule has 0 spiro atoms. The number of nitrogens with zero attached hydrogens (tertiary/aromatic N) is 3. The third kappa shape index (κ3) is 3.82. The minimum Gasteiger partial charge on any atom is -0.305 e. The molecule has 0 heterocycles. The lowest BCUT2D eigenvalue weighted by Gasteiger charge is -2.46. The number of hydrogen-bond acceptors (Lipinski definition) is 3. The zero-order valence-electron chi connectivity index (χ0n) is 12.3. The lowest BCUT2D eigenvalue weighted by atomic mass is 10.4. The second-order valence-corrected chi connectivity index (χ2v) is 12.5. The largest absolute Gasteiger partial charge is 0.305 e. The maximum absolute atomic E-state index is 2.48. The Morgan fingerprint density at radius 3 is 1.56 bits per heavy atom. The molecule has 0 saturated carbocycles. The molecule has 0 bridgehead atoms. The predicted molar refractivity (Wildman–Crippen MR) is 79.6 cm³/mol. The molecule has 0 fully saturated rings. The normalized spacial score (nSPS) is 13.4. The summed E-state index contributed by atoms with van der Waals surface area (Å²) < 4.78 is 7.37. The zero-order valence-corrected chi connectivity index (χ0v) is 14.7. The van der Waals surface area contributed by atoms with Gasteiger partial charge in [0.25, 0.3) is 8.56 Å². The van der Waals surface area contributed by atoms with Crippen LogP contribution in [-0.4, -0.2) is 74.1 Å². The molecule has 0 aromatic heterocycles. The first-order valence-electron chi connectivity index (χ1n) is 5.90. The van der Waals surface area contributed by atoms with Crippen LogP contribution in [0.2, 0.25) is 5.67 Å². The molecule has 0 amide bonds. The molecule has 0 aromatic rings. The molecular formula is C11H29N3Si2. The highest BCUT2D eigenvalue weighted by atomic mass is 28.4. The average Bonchev–Trinajstić information content (AvgIpc) is 2.09. The molecular weight excluding hydrogens is 230 g/mol. The Hall–Kier alpha value is 0.0538. The van der Waals surface area contributed by atoms with E-state index in [2.05, 4.69) is 75.5 Å². The number of hydrogen-bond donors (Lipinski definition) is 0. The molecule has 96 valence electrons. The summed E-state index contributed by atoms with van der Waals surface area (Å²) in [7, 11) is 11.7. The van der Waals surface area contributed by atoms with Crippen LogP contribution < -0.4 is 0 Å². The first-order valence-corrected chi connectivity index (χ1v) is 9.77. The lowest BCUT2D eigenvalue weighted by molar-refractivity contribution is 0.384. The monoisotopic (exact) mass is 259 g/mol. The fraction of sp³-hybridized carbons (Fsp3) is 0.818. The van der Waals surface area contributed by atoms with E-state index in [-0.39, 0.29) is 9.52 Å². The van der Waals surface area contributed by atoms with Crippen LogP contribution in [-0.2, 0) is 0 Å². The summed E-state index contributed by atoms with van der Waals surface area (Å²) in [6.45, 7) is 4.41. The molecule has 0 aliphatic carbocycles. The van der Waals surface area contributed by atoms with Crippen LogP contribution in [0.1, 0.15) is 13.8 Å². The lowest BCUT2D eigenvalue weighted by Crippen LogP contribution is -2.70. The Bertz CT molecular complexity index is 212. The van der Waals surface area contributed by atoms with E-state index in [1.807, 2.05) is 0 Å². The Labute approximate surface area is 105 Å². The highest BCUT2D eigenvalue weighted by molar-refractivity contribution is 6.80. The molecule has 0 saturated heterocycles. The van der Waals surface area contributed by atoms with Crippen molar-refractivity contribution in [1.82, 2.24) is 13.7 Å². The molecule has 3 nitrogen and oxygen atoms in total. The van der Waals surface area contributed by atoms with Crippen molar-refractivity contribution in [2.75, 3.05) is 42.3 Å². The fourth-order valence-corrected chi connectivity index (χ4v) is 12.9. The van der Waals surface area contributed by atoms with Gasteiger partial charge in [-0.25, -0.2) is 0 Å². The number of rotatable bonds is 6. The van der Waals surface area contributed by atoms with Gasteiger partial charge in [0.1, 0.15) is 0 Å². The quantitative estimate of drug-likeness (QED) is 0.649. The smallest absolute Gasteiger partial charge is 0.285 e. The van der Waals surface area contributed by atoms with Gasteiger partial charge in [-0.1, -0.05) is 5.57 Å². The van der Waals surface area contributed by atoms with Crippen LogP contribution in [0.5, 0.6) is 0 Å². The minimum atomic E-state index is -1.58. The highest BCUT2D eigenvalue weighted by Gasteiger charge is 2.41. The standard InChI is InChI=1S/C11H29N3Si2/c1-11(2)9-15-10-16(12(3)4,13(5)6)14(7)8/h9H,10,15H2,1-8H3. The zero-order chi connectivity index (χ0) is 12.9. The van der Waals surface area contributed by atoms with E-state index in [0.717, 1.165) is 0 Å². The van der Waals surface area contributed by atoms with Gasteiger partial charge >= 0.3 is 0 Å². The van der Waals surface area contributed by atoms with Crippen LogP contribution >= 0.6 is 0 Å². The van der Waals surface area contributed by atoms with E-state index in [0.29, 0.717) is 0 Å². The molecule has 0 aliphatic rings. The molecule has 0 aliphatic heterocycles. The van der Waals surface area contributed by atoms with Crippen LogP contribution in [0, 0.1) is 0 Å². The van der Waals surface area contributed by atoms with Crippen molar-refractivity contribution >= 4 is 18.1 Å². The van der Waals surface area contributed by atoms with Gasteiger partial charge in [0, 0.05) is 9.52 Å². The summed E-state index contributed by atoms with van der Waals surface area (Å²) in [4.78, 5) is 0. The Morgan fingerprint density at radius 2 is 1.31 bits per heavy atom. The Balaban J connectivity index is 4.84. The minimum absolute atomic E-state index is 0.0940. The summed E-state index contributed by atoms with van der Waals surface area (Å²) in [5, 5.41) is 0. The molecule has 16 heavy (non-hydrogen) atoms. The third-order valence-corrected chi connectivity index (χ3v) is 12.4. The van der Waals surface area contributed by atoms with Crippen molar-refractivity contribution in [3.63, 3.8) is 0 Å². The van der Waals surface area contributed by atoms with E-state index in [4.69, 9.17) is 0 Å². The van der Waals surface area contributed by atoms with E-state index >= 15 is 0 Å². The van der Waals surface area contributed by atoms with Gasteiger partial charge in [-0.05, 0) is 61.8 Å². The SMILES string of the molecule is CC(C)=C[SiH2]C[Si](N(C)C)(N(C)C)N(C)C. The molecule has 5 heteroatoms. The van der Waals surface area contributed by atoms with Gasteiger partial charge in [-0.15, -0.1) is 5.70 Å². The Morgan fingerprint density at radius 1 is 0.938 bits per heavy atom. The van der Waals surface area contributed by atoms with Gasteiger partial charge in [-0.2, -0.15) is 0 Å². The van der Waals surface area contributed by atoms with Crippen LogP contribution in [0.25, 0.3) is 0 Å².